The molecular formula is C17H29N5O2S. The molecule has 2 aliphatic heterocycles. The monoisotopic (exact) mass is 367 g/mol. The number of fused-ring (bicyclic) bond motifs is 1. The van der Waals surface area contributed by atoms with E-state index in [9.17, 15) is 4.79 Å². The van der Waals surface area contributed by atoms with E-state index in [0.717, 1.165) is 37.1 Å². The first-order valence-corrected chi connectivity index (χ1v) is 10.0. The molecular weight excluding hydrogens is 338 g/mol. The minimum absolute atomic E-state index is 0.0438. The molecule has 4 unspecified atom stereocenters. The molecule has 4 atom stereocenters. The van der Waals surface area contributed by atoms with Crippen LogP contribution in [0.5, 0.6) is 0 Å². The van der Waals surface area contributed by atoms with Crippen LogP contribution in [0.25, 0.3) is 0 Å². The molecule has 2 heterocycles. The number of rotatable bonds is 4. The van der Waals surface area contributed by atoms with Crippen LogP contribution < -0.4 is 10.7 Å². The van der Waals surface area contributed by atoms with Gasteiger partial charge in [0.2, 0.25) is 5.91 Å². The molecule has 0 aromatic rings. The third kappa shape index (κ3) is 3.77. The fourth-order valence-corrected chi connectivity index (χ4v) is 4.53. The van der Waals surface area contributed by atoms with Crippen LogP contribution in [0.3, 0.4) is 0 Å². The molecule has 0 aromatic heterocycles. The number of hydroxylamine groups is 1. The van der Waals surface area contributed by atoms with Crippen molar-refractivity contribution in [1.82, 2.24) is 15.9 Å². The summed E-state index contributed by atoms with van der Waals surface area (Å²) in [6.45, 7) is 7.89. The van der Waals surface area contributed by atoms with Crippen LogP contribution in [-0.4, -0.2) is 51.9 Å². The molecule has 3 aliphatic rings. The van der Waals surface area contributed by atoms with Gasteiger partial charge in [-0.05, 0) is 25.7 Å². The predicted molar refractivity (Wildman–Crippen MR) is 101 cm³/mol. The number of hydrogen-bond acceptors (Lipinski definition) is 7. The molecule has 1 saturated heterocycles. The van der Waals surface area contributed by atoms with Crippen molar-refractivity contribution in [3.05, 3.63) is 0 Å². The molecule has 8 heteroatoms. The van der Waals surface area contributed by atoms with Crippen molar-refractivity contribution >= 4 is 29.6 Å². The average molecular weight is 368 g/mol. The van der Waals surface area contributed by atoms with E-state index in [-0.39, 0.29) is 29.5 Å². The molecule has 140 valence electrons. The van der Waals surface area contributed by atoms with Gasteiger partial charge >= 0.3 is 0 Å². The van der Waals surface area contributed by atoms with Crippen LogP contribution in [0.1, 0.15) is 53.4 Å². The number of nitrogens with zero attached hydrogens (tertiary/aromatic N) is 2. The lowest BCUT2D eigenvalue weighted by Gasteiger charge is -2.32. The lowest BCUT2D eigenvalue weighted by Crippen LogP contribution is -2.50. The molecule has 25 heavy (non-hydrogen) atoms. The van der Waals surface area contributed by atoms with E-state index in [1.54, 1.807) is 16.9 Å². The lowest BCUT2D eigenvalue weighted by atomic mass is 9.87. The van der Waals surface area contributed by atoms with Crippen LogP contribution in [0.2, 0.25) is 0 Å². The quantitative estimate of drug-likeness (QED) is 0.662. The van der Waals surface area contributed by atoms with Crippen LogP contribution in [-0.2, 0) is 9.63 Å². The Labute approximate surface area is 153 Å². The Balaban J connectivity index is 1.63. The number of amides is 1. The smallest absolute Gasteiger partial charge is 0.225 e. The van der Waals surface area contributed by atoms with E-state index in [1.807, 2.05) is 20.8 Å². The highest BCUT2D eigenvalue weighted by Gasteiger charge is 2.49. The van der Waals surface area contributed by atoms with Gasteiger partial charge in [0.05, 0.1) is 17.9 Å². The number of hydrazine groups is 1. The Morgan fingerprint density at radius 3 is 2.92 bits per heavy atom. The van der Waals surface area contributed by atoms with Crippen molar-refractivity contribution in [3.63, 3.8) is 0 Å². The van der Waals surface area contributed by atoms with Gasteiger partial charge in [-0.25, -0.2) is 5.43 Å². The van der Waals surface area contributed by atoms with Crippen LogP contribution in [0, 0.1) is 10.8 Å². The van der Waals surface area contributed by atoms with Gasteiger partial charge in [0.15, 0.2) is 4.99 Å². The van der Waals surface area contributed by atoms with Crippen molar-refractivity contribution in [2.75, 3.05) is 5.75 Å². The molecule has 3 rings (SSSR count). The zero-order valence-electron chi connectivity index (χ0n) is 15.5. The Morgan fingerprint density at radius 2 is 2.32 bits per heavy atom. The standard InChI is InChI=1S/C17H29N5O2S/c1-5-17(20-12(9-18)10-25-17)22-21-13-7-6-11(8-14(13)24-22)19-15(23)16(2,3)4/h9,11,13-14,18,21H,5-8,10H2,1-4H3,(H,19,23). The Hall–Kier alpha value is -0.960. The largest absolute Gasteiger partial charge is 0.353 e. The van der Waals surface area contributed by atoms with Gasteiger partial charge in [0.25, 0.3) is 0 Å². The number of carbonyl (C=O) groups excluding carboxylic acids is 1. The van der Waals surface area contributed by atoms with Gasteiger partial charge in [-0.3, -0.25) is 14.6 Å². The van der Waals surface area contributed by atoms with Crippen molar-refractivity contribution in [2.24, 2.45) is 10.4 Å². The second kappa shape index (κ2) is 6.98. The Kier molecular flexibility index (Phi) is 5.26. The van der Waals surface area contributed by atoms with E-state index < -0.39 is 4.99 Å². The van der Waals surface area contributed by atoms with E-state index >= 15 is 0 Å². The van der Waals surface area contributed by atoms with Crippen LogP contribution >= 0.6 is 11.8 Å². The van der Waals surface area contributed by atoms with Crippen molar-refractivity contribution in [1.29, 1.82) is 5.41 Å². The summed E-state index contributed by atoms with van der Waals surface area (Å²) >= 11 is 1.69. The molecule has 1 aliphatic carbocycles. The topological polar surface area (TPSA) is 89.8 Å². The first-order chi connectivity index (χ1) is 11.8. The summed E-state index contributed by atoms with van der Waals surface area (Å²) < 4.78 is 0. The molecule has 7 nitrogen and oxygen atoms in total. The van der Waals surface area contributed by atoms with Crippen molar-refractivity contribution in [3.8, 4) is 0 Å². The second-order valence-electron chi connectivity index (χ2n) is 8.04. The van der Waals surface area contributed by atoms with Gasteiger partial charge in [-0.1, -0.05) is 32.9 Å². The summed E-state index contributed by atoms with van der Waals surface area (Å²) in [7, 11) is 0. The Bertz CT molecular complexity index is 576. The SMILES string of the molecule is CCC1(N2NC3CCC(NC(=O)C(C)(C)C)CC3O2)N=C(C=N)CS1. The fraction of sp³-hybridized carbons (Fsp3) is 0.824. The molecule has 1 amide bonds. The van der Waals surface area contributed by atoms with E-state index in [2.05, 4.69) is 17.7 Å². The zero-order chi connectivity index (χ0) is 18.2. The average Bonchev–Trinajstić information content (AvgIpc) is 3.18. The lowest BCUT2D eigenvalue weighted by molar-refractivity contribution is -0.207. The third-order valence-electron chi connectivity index (χ3n) is 5.05. The predicted octanol–water partition coefficient (Wildman–Crippen LogP) is 2.09. The maximum atomic E-state index is 12.2. The minimum atomic E-state index is -0.492. The summed E-state index contributed by atoms with van der Waals surface area (Å²) in [5.74, 6) is 0.828. The second-order valence-corrected chi connectivity index (χ2v) is 9.27. The molecule has 0 aromatic carbocycles. The third-order valence-corrected chi connectivity index (χ3v) is 6.49. The van der Waals surface area contributed by atoms with Gasteiger partial charge in [-0.15, -0.1) is 11.8 Å². The van der Waals surface area contributed by atoms with E-state index in [1.165, 1.54) is 6.21 Å². The summed E-state index contributed by atoms with van der Waals surface area (Å²) in [4.78, 5) is 22.7. The number of hydrogen-bond donors (Lipinski definition) is 3. The van der Waals surface area contributed by atoms with Crippen molar-refractivity contribution in [2.45, 2.75) is 76.6 Å². The van der Waals surface area contributed by atoms with E-state index in [4.69, 9.17) is 15.2 Å². The van der Waals surface area contributed by atoms with Gasteiger partial charge in [0.1, 0.15) is 0 Å². The molecule has 0 radical (unpaired) electrons. The fourth-order valence-electron chi connectivity index (χ4n) is 3.41. The number of nitrogens with one attached hydrogen (secondary N) is 3. The number of thioether (sulfide) groups is 1. The highest BCUT2D eigenvalue weighted by molar-refractivity contribution is 8.01. The summed E-state index contributed by atoms with van der Waals surface area (Å²) in [5.41, 5.74) is 3.89. The zero-order valence-corrected chi connectivity index (χ0v) is 16.3. The van der Waals surface area contributed by atoms with Crippen LogP contribution in [0.15, 0.2) is 4.99 Å². The van der Waals surface area contributed by atoms with Crippen molar-refractivity contribution < 1.29 is 9.63 Å². The van der Waals surface area contributed by atoms with Gasteiger partial charge in [0, 0.05) is 23.4 Å². The Morgan fingerprint density at radius 1 is 1.56 bits per heavy atom. The summed E-state index contributed by atoms with van der Waals surface area (Å²) in [6, 6.07) is 0.412. The molecule has 0 spiro atoms. The maximum Gasteiger partial charge on any atom is 0.225 e. The number of aliphatic imine (C=N–C) groups is 1. The molecule has 1 saturated carbocycles. The first-order valence-electron chi connectivity index (χ1n) is 9.04. The molecule has 3 N–H and O–H groups in total. The highest BCUT2D eigenvalue weighted by Crippen LogP contribution is 2.42. The normalized spacial score (nSPS) is 36.0. The molecule has 0 bridgehead atoms. The summed E-state index contributed by atoms with van der Waals surface area (Å²) in [6.07, 6.45) is 4.89. The number of carbonyl (C=O) groups is 1. The van der Waals surface area contributed by atoms with E-state index in [0.29, 0.717) is 0 Å². The minimum Gasteiger partial charge on any atom is -0.353 e. The van der Waals surface area contributed by atoms with Crippen LogP contribution in [0.4, 0.5) is 0 Å². The highest BCUT2D eigenvalue weighted by atomic mass is 32.2. The summed E-state index contributed by atoms with van der Waals surface area (Å²) in [5, 5.41) is 12.4. The molecule has 2 fully saturated rings. The van der Waals surface area contributed by atoms with Gasteiger partial charge in [-0.2, -0.15) is 0 Å². The maximum absolute atomic E-state index is 12.2. The van der Waals surface area contributed by atoms with Gasteiger partial charge < -0.3 is 10.7 Å². The first kappa shape index (κ1) is 18.8.